The van der Waals surface area contributed by atoms with Crippen LogP contribution in [0.25, 0.3) is 5.57 Å². The van der Waals surface area contributed by atoms with Crippen molar-refractivity contribution in [3.8, 4) is 0 Å². The standard InChI is InChI=1S/C15H21N3/c1-5-7-9-18-15-12(3)17-10-8-14(15)13(6-2)11-16-4/h6,8-11H,5,7H2,1-4H3/b13-6+,16-11-,18-9-. The molecule has 1 rings (SSSR count). The zero-order valence-electron chi connectivity index (χ0n) is 11.6. The van der Waals surface area contributed by atoms with Crippen LogP contribution in [0.3, 0.4) is 0 Å². The van der Waals surface area contributed by atoms with E-state index in [-0.39, 0.29) is 0 Å². The van der Waals surface area contributed by atoms with Gasteiger partial charge < -0.3 is 0 Å². The van der Waals surface area contributed by atoms with E-state index in [1.54, 1.807) is 7.05 Å². The lowest BCUT2D eigenvalue weighted by Crippen LogP contribution is -1.92. The third-order valence-corrected chi connectivity index (χ3v) is 2.64. The first-order valence-electron chi connectivity index (χ1n) is 6.31. The van der Waals surface area contributed by atoms with Gasteiger partial charge >= 0.3 is 0 Å². The summed E-state index contributed by atoms with van der Waals surface area (Å²) < 4.78 is 0. The van der Waals surface area contributed by atoms with Gasteiger partial charge in [0.05, 0.1) is 11.4 Å². The van der Waals surface area contributed by atoms with Crippen molar-refractivity contribution in [2.45, 2.75) is 33.6 Å². The first kappa shape index (κ1) is 14.3. The second kappa shape index (κ2) is 7.54. The van der Waals surface area contributed by atoms with Crippen LogP contribution in [0.1, 0.15) is 37.9 Å². The molecule has 3 nitrogen and oxygen atoms in total. The number of aryl methyl sites for hydroxylation is 1. The van der Waals surface area contributed by atoms with E-state index in [2.05, 4.69) is 21.9 Å². The van der Waals surface area contributed by atoms with Crippen molar-refractivity contribution in [2.24, 2.45) is 9.98 Å². The van der Waals surface area contributed by atoms with E-state index in [0.717, 1.165) is 35.4 Å². The Kier molecular flexibility index (Phi) is 5.98. The maximum absolute atomic E-state index is 4.56. The number of rotatable bonds is 5. The highest BCUT2D eigenvalue weighted by atomic mass is 14.8. The van der Waals surface area contributed by atoms with Gasteiger partial charge in [-0.25, -0.2) is 0 Å². The number of allylic oxidation sites excluding steroid dienone is 2. The highest BCUT2D eigenvalue weighted by Gasteiger charge is 2.07. The average Bonchev–Trinajstić information content (AvgIpc) is 2.38. The first-order chi connectivity index (χ1) is 8.74. The topological polar surface area (TPSA) is 37.6 Å². The number of unbranched alkanes of at least 4 members (excludes halogenated alkanes) is 1. The van der Waals surface area contributed by atoms with Gasteiger partial charge in [-0.15, -0.1) is 0 Å². The van der Waals surface area contributed by atoms with Gasteiger partial charge in [-0.1, -0.05) is 19.4 Å². The normalized spacial score (nSPS) is 12.8. The van der Waals surface area contributed by atoms with Crippen LogP contribution in [-0.2, 0) is 0 Å². The Morgan fingerprint density at radius 2 is 2.22 bits per heavy atom. The quantitative estimate of drug-likeness (QED) is 0.720. The van der Waals surface area contributed by atoms with Crippen LogP contribution in [-0.4, -0.2) is 24.5 Å². The average molecular weight is 243 g/mol. The Hall–Kier alpha value is -1.77. The third-order valence-electron chi connectivity index (χ3n) is 2.64. The molecule has 1 aromatic rings. The summed E-state index contributed by atoms with van der Waals surface area (Å²) in [6.07, 6.45) is 9.76. The summed E-state index contributed by atoms with van der Waals surface area (Å²) in [5, 5.41) is 0. The molecule has 0 aromatic carbocycles. The molecule has 0 amide bonds. The number of aliphatic imine (C=N–C) groups is 2. The summed E-state index contributed by atoms with van der Waals surface area (Å²) >= 11 is 0. The molecule has 0 aliphatic rings. The highest BCUT2D eigenvalue weighted by molar-refractivity contribution is 6.11. The molecule has 0 aliphatic carbocycles. The van der Waals surface area contributed by atoms with Gasteiger partial charge in [0, 0.05) is 31.2 Å². The van der Waals surface area contributed by atoms with Gasteiger partial charge in [-0.2, -0.15) is 0 Å². The highest BCUT2D eigenvalue weighted by Crippen LogP contribution is 2.27. The maximum atomic E-state index is 4.56. The molecule has 0 saturated carbocycles. The minimum atomic E-state index is 0.943. The zero-order chi connectivity index (χ0) is 13.4. The van der Waals surface area contributed by atoms with Crippen molar-refractivity contribution in [1.82, 2.24) is 4.98 Å². The number of aromatic nitrogens is 1. The minimum absolute atomic E-state index is 0.943. The van der Waals surface area contributed by atoms with Crippen molar-refractivity contribution >= 4 is 23.7 Å². The molecule has 1 aromatic heterocycles. The summed E-state index contributed by atoms with van der Waals surface area (Å²) in [7, 11) is 1.78. The largest absolute Gasteiger partial charge is 0.296 e. The van der Waals surface area contributed by atoms with Crippen molar-refractivity contribution in [2.75, 3.05) is 7.05 Å². The van der Waals surface area contributed by atoms with Crippen LogP contribution in [0.5, 0.6) is 0 Å². The first-order valence-corrected chi connectivity index (χ1v) is 6.31. The van der Waals surface area contributed by atoms with Gasteiger partial charge in [0.15, 0.2) is 0 Å². The second-order valence-electron chi connectivity index (χ2n) is 4.02. The van der Waals surface area contributed by atoms with E-state index in [4.69, 9.17) is 0 Å². The van der Waals surface area contributed by atoms with Crippen molar-refractivity contribution < 1.29 is 0 Å². The summed E-state index contributed by atoms with van der Waals surface area (Å²) in [5.41, 5.74) is 4.05. The van der Waals surface area contributed by atoms with E-state index < -0.39 is 0 Å². The summed E-state index contributed by atoms with van der Waals surface area (Å²) in [5.74, 6) is 0. The zero-order valence-corrected chi connectivity index (χ0v) is 11.6. The lowest BCUT2D eigenvalue weighted by atomic mass is 10.0. The van der Waals surface area contributed by atoms with E-state index in [1.807, 2.05) is 44.6 Å². The lowest BCUT2D eigenvalue weighted by molar-refractivity contribution is 1.01. The Balaban J connectivity index is 3.22. The molecule has 1 heterocycles. The Labute approximate surface area is 109 Å². The molecule has 0 saturated heterocycles. The molecular weight excluding hydrogens is 222 g/mol. The molecule has 0 bridgehead atoms. The number of hydrogen-bond donors (Lipinski definition) is 0. The van der Waals surface area contributed by atoms with Gasteiger partial charge in [0.1, 0.15) is 0 Å². The van der Waals surface area contributed by atoms with Gasteiger partial charge in [0.2, 0.25) is 0 Å². The third kappa shape index (κ3) is 3.62. The fourth-order valence-electron chi connectivity index (χ4n) is 1.68. The smallest absolute Gasteiger partial charge is 0.0916 e. The Morgan fingerprint density at radius 1 is 1.44 bits per heavy atom. The van der Waals surface area contributed by atoms with Gasteiger partial charge in [0.25, 0.3) is 0 Å². The second-order valence-corrected chi connectivity index (χ2v) is 4.02. The van der Waals surface area contributed by atoms with Crippen LogP contribution in [0.2, 0.25) is 0 Å². The van der Waals surface area contributed by atoms with Crippen LogP contribution in [0.4, 0.5) is 5.69 Å². The number of hydrogen-bond acceptors (Lipinski definition) is 3. The fraction of sp³-hybridized carbons (Fsp3) is 0.400. The molecule has 0 unspecified atom stereocenters. The molecule has 0 aliphatic heterocycles. The van der Waals surface area contributed by atoms with Crippen LogP contribution in [0.15, 0.2) is 28.3 Å². The SMILES string of the molecule is C/C=C(\C=N/C)c1ccnc(C)c1/N=C\CCC. The van der Waals surface area contributed by atoms with Gasteiger partial charge in [-0.05, 0) is 31.9 Å². The monoisotopic (exact) mass is 243 g/mol. The molecule has 3 heteroatoms. The maximum Gasteiger partial charge on any atom is 0.0916 e. The van der Waals surface area contributed by atoms with E-state index >= 15 is 0 Å². The molecule has 0 fully saturated rings. The van der Waals surface area contributed by atoms with Crippen LogP contribution < -0.4 is 0 Å². The Bertz CT molecular complexity index is 471. The summed E-state index contributed by atoms with van der Waals surface area (Å²) in [6.45, 7) is 6.13. The molecule has 18 heavy (non-hydrogen) atoms. The predicted octanol–water partition coefficient (Wildman–Crippen LogP) is 4.00. The van der Waals surface area contributed by atoms with Crippen LogP contribution in [0, 0.1) is 6.92 Å². The molecule has 96 valence electrons. The molecule has 0 N–H and O–H groups in total. The summed E-state index contributed by atoms with van der Waals surface area (Å²) in [4.78, 5) is 13.0. The minimum Gasteiger partial charge on any atom is -0.296 e. The van der Waals surface area contributed by atoms with Crippen LogP contribution >= 0.6 is 0 Å². The molecular formula is C15H21N3. The molecule has 0 radical (unpaired) electrons. The number of pyridine rings is 1. The van der Waals surface area contributed by atoms with E-state index in [0.29, 0.717) is 0 Å². The van der Waals surface area contributed by atoms with Crippen molar-refractivity contribution in [3.63, 3.8) is 0 Å². The van der Waals surface area contributed by atoms with Crippen molar-refractivity contribution in [1.29, 1.82) is 0 Å². The van der Waals surface area contributed by atoms with E-state index in [1.165, 1.54) is 0 Å². The van der Waals surface area contributed by atoms with Gasteiger partial charge in [-0.3, -0.25) is 15.0 Å². The molecule has 0 spiro atoms. The lowest BCUT2D eigenvalue weighted by Gasteiger charge is -2.08. The Morgan fingerprint density at radius 3 is 2.83 bits per heavy atom. The molecule has 0 atom stereocenters. The fourth-order valence-corrected chi connectivity index (χ4v) is 1.68. The van der Waals surface area contributed by atoms with E-state index in [9.17, 15) is 0 Å². The van der Waals surface area contributed by atoms with Crippen molar-refractivity contribution in [3.05, 3.63) is 29.6 Å². The summed E-state index contributed by atoms with van der Waals surface area (Å²) in [6, 6.07) is 1.99. The predicted molar refractivity (Wildman–Crippen MR) is 80.1 cm³/mol. The number of nitrogens with zero attached hydrogens (tertiary/aromatic N) is 3.